The fourth-order valence-corrected chi connectivity index (χ4v) is 3.82. The van der Waals surface area contributed by atoms with Gasteiger partial charge in [0, 0.05) is 4.90 Å². The maximum atomic E-state index is 14.1. The van der Waals surface area contributed by atoms with Crippen LogP contribution in [0.25, 0.3) is 22.3 Å². The van der Waals surface area contributed by atoms with Crippen LogP contribution >= 0.6 is 24.2 Å². The van der Waals surface area contributed by atoms with Crippen molar-refractivity contribution in [3.05, 3.63) is 65.4 Å². The van der Waals surface area contributed by atoms with Crippen molar-refractivity contribution in [2.75, 3.05) is 7.11 Å². The average Bonchev–Trinajstić information content (AvgIpc) is 2.61. The third-order valence-corrected chi connectivity index (χ3v) is 5.66. The zero-order valence-electron chi connectivity index (χ0n) is 14.1. The molecule has 0 saturated carbocycles. The van der Waals surface area contributed by atoms with Crippen molar-refractivity contribution in [2.45, 2.75) is 9.79 Å². The number of methoxy groups -OCH3 is 1. The summed E-state index contributed by atoms with van der Waals surface area (Å²) >= 11 is 10.6. The number of hydrogen-bond acceptors (Lipinski definition) is 4. The molecule has 0 saturated heterocycles. The van der Waals surface area contributed by atoms with Crippen molar-refractivity contribution >= 4 is 34.3 Å². The predicted octanol–water partition coefficient (Wildman–Crippen LogP) is 4.76. The second kappa shape index (κ2) is 7.52. The molecule has 3 rings (SSSR count). The van der Waals surface area contributed by atoms with E-state index >= 15 is 0 Å². The zero-order chi connectivity index (χ0) is 19.8. The Balaban J connectivity index is 2.02. The standard InChI is InChI=1S/C19H15ClFNO3S2/c1-25-17-9-13(3-6-15(17)20)14-5-2-12(10-18(14)26)11-4-7-19(16(21)8-11)27(22,23)24/h2-10,26H,1H3,(H2,22,23,24). The van der Waals surface area contributed by atoms with Crippen LogP contribution < -0.4 is 9.88 Å². The molecule has 140 valence electrons. The number of benzene rings is 3. The molecule has 0 amide bonds. The van der Waals surface area contributed by atoms with Gasteiger partial charge in [0.1, 0.15) is 16.5 Å². The minimum absolute atomic E-state index is 0.504. The number of halogens is 2. The summed E-state index contributed by atoms with van der Waals surface area (Å²) in [6.07, 6.45) is 0. The van der Waals surface area contributed by atoms with Gasteiger partial charge in [-0.2, -0.15) is 0 Å². The zero-order valence-corrected chi connectivity index (χ0v) is 16.6. The molecular formula is C19H15ClFNO3S2. The van der Waals surface area contributed by atoms with Crippen molar-refractivity contribution in [3.8, 4) is 28.0 Å². The van der Waals surface area contributed by atoms with Crippen molar-refractivity contribution < 1.29 is 17.5 Å². The van der Waals surface area contributed by atoms with Crippen molar-refractivity contribution in [2.24, 2.45) is 5.14 Å². The molecule has 0 atom stereocenters. The van der Waals surface area contributed by atoms with Gasteiger partial charge in [-0.3, -0.25) is 0 Å². The lowest BCUT2D eigenvalue weighted by Crippen LogP contribution is -2.13. The van der Waals surface area contributed by atoms with Crippen molar-refractivity contribution in [1.29, 1.82) is 0 Å². The van der Waals surface area contributed by atoms with Crippen LogP contribution in [-0.2, 0) is 10.0 Å². The molecule has 2 N–H and O–H groups in total. The second-order valence-electron chi connectivity index (χ2n) is 5.77. The number of rotatable bonds is 4. The molecule has 0 aliphatic rings. The Bertz CT molecular complexity index is 1130. The van der Waals surface area contributed by atoms with Gasteiger partial charge in [0.15, 0.2) is 0 Å². The maximum absolute atomic E-state index is 14.1. The summed E-state index contributed by atoms with van der Waals surface area (Å²) in [7, 11) is -2.57. The van der Waals surface area contributed by atoms with Crippen LogP contribution in [0, 0.1) is 5.82 Å². The van der Waals surface area contributed by atoms with Crippen LogP contribution in [0.1, 0.15) is 0 Å². The monoisotopic (exact) mass is 423 g/mol. The Morgan fingerprint density at radius 3 is 2.22 bits per heavy atom. The summed E-state index contributed by atoms with van der Waals surface area (Å²) in [4.78, 5) is 0.120. The van der Waals surface area contributed by atoms with Gasteiger partial charge in [-0.25, -0.2) is 17.9 Å². The molecule has 0 aromatic heterocycles. The number of thiol groups is 1. The number of hydrogen-bond donors (Lipinski definition) is 2. The van der Waals surface area contributed by atoms with Gasteiger partial charge < -0.3 is 4.74 Å². The summed E-state index contributed by atoms with van der Waals surface area (Å²) in [5, 5.41) is 5.49. The lowest BCUT2D eigenvalue weighted by Gasteiger charge is -2.11. The van der Waals surface area contributed by atoms with Gasteiger partial charge in [-0.1, -0.05) is 35.9 Å². The van der Waals surface area contributed by atoms with E-state index in [2.05, 4.69) is 12.6 Å². The van der Waals surface area contributed by atoms with Gasteiger partial charge in [0.2, 0.25) is 10.0 Å². The van der Waals surface area contributed by atoms with E-state index in [4.69, 9.17) is 21.5 Å². The summed E-state index contributed by atoms with van der Waals surface area (Å²) in [6, 6.07) is 14.6. The van der Waals surface area contributed by atoms with Crippen molar-refractivity contribution in [1.82, 2.24) is 0 Å². The topological polar surface area (TPSA) is 69.4 Å². The molecule has 27 heavy (non-hydrogen) atoms. The summed E-state index contributed by atoms with van der Waals surface area (Å²) in [6.45, 7) is 0. The Labute approximate surface area is 167 Å². The van der Waals surface area contributed by atoms with Gasteiger partial charge >= 0.3 is 0 Å². The highest BCUT2D eigenvalue weighted by molar-refractivity contribution is 7.89. The van der Waals surface area contributed by atoms with E-state index < -0.39 is 20.7 Å². The molecule has 3 aromatic carbocycles. The third kappa shape index (κ3) is 4.11. The van der Waals surface area contributed by atoms with Crippen LogP contribution in [0.3, 0.4) is 0 Å². The van der Waals surface area contributed by atoms with E-state index in [0.717, 1.165) is 23.3 Å². The molecule has 4 nitrogen and oxygen atoms in total. The van der Waals surface area contributed by atoms with Gasteiger partial charge in [0.05, 0.1) is 12.1 Å². The molecule has 0 spiro atoms. The van der Waals surface area contributed by atoms with E-state index in [0.29, 0.717) is 26.8 Å². The van der Waals surface area contributed by atoms with Gasteiger partial charge in [0.25, 0.3) is 0 Å². The molecule has 8 heteroatoms. The molecule has 0 aliphatic carbocycles. The minimum atomic E-state index is -4.11. The van der Waals surface area contributed by atoms with Crippen LogP contribution in [-0.4, -0.2) is 15.5 Å². The number of primary sulfonamides is 1. The highest BCUT2D eigenvalue weighted by Gasteiger charge is 2.15. The highest BCUT2D eigenvalue weighted by Crippen LogP contribution is 2.35. The molecule has 0 heterocycles. The first kappa shape index (κ1) is 19.7. The van der Waals surface area contributed by atoms with E-state index in [9.17, 15) is 12.8 Å². The molecule has 0 bridgehead atoms. The highest BCUT2D eigenvalue weighted by atomic mass is 35.5. The molecular weight excluding hydrogens is 409 g/mol. The number of nitrogens with two attached hydrogens (primary N) is 1. The first-order chi connectivity index (χ1) is 12.7. The van der Waals surface area contributed by atoms with Gasteiger partial charge in [-0.05, 0) is 52.6 Å². The van der Waals surface area contributed by atoms with E-state index in [1.54, 1.807) is 24.3 Å². The third-order valence-electron chi connectivity index (χ3n) is 4.03. The molecule has 0 aliphatic heterocycles. The lowest BCUT2D eigenvalue weighted by molar-refractivity contribution is 0.415. The Hall–Kier alpha value is -2.06. The number of sulfonamides is 1. The van der Waals surface area contributed by atoms with Crippen LogP contribution in [0.2, 0.25) is 5.02 Å². The maximum Gasteiger partial charge on any atom is 0.240 e. The quantitative estimate of drug-likeness (QED) is 0.594. The minimum Gasteiger partial charge on any atom is -0.495 e. The Morgan fingerprint density at radius 2 is 1.63 bits per heavy atom. The van der Waals surface area contributed by atoms with Gasteiger partial charge in [-0.15, -0.1) is 12.6 Å². The lowest BCUT2D eigenvalue weighted by atomic mass is 10.00. The predicted molar refractivity (Wildman–Crippen MR) is 107 cm³/mol. The Kier molecular flexibility index (Phi) is 5.48. The largest absolute Gasteiger partial charge is 0.495 e. The average molecular weight is 424 g/mol. The Morgan fingerprint density at radius 1 is 1.00 bits per heavy atom. The van der Waals surface area contributed by atoms with E-state index in [1.807, 2.05) is 12.1 Å². The van der Waals surface area contributed by atoms with Crippen LogP contribution in [0.5, 0.6) is 5.75 Å². The van der Waals surface area contributed by atoms with E-state index in [-0.39, 0.29) is 0 Å². The molecule has 3 aromatic rings. The SMILES string of the molecule is COc1cc(-c2ccc(-c3ccc(S(N)(=O)=O)c(F)c3)cc2S)ccc1Cl. The number of ether oxygens (including phenoxy) is 1. The first-order valence-corrected chi connectivity index (χ1v) is 10.1. The summed E-state index contributed by atoms with van der Waals surface area (Å²) in [5.74, 6) is -0.353. The molecule has 0 radical (unpaired) electrons. The second-order valence-corrected chi connectivity index (χ2v) is 8.19. The molecule has 0 fully saturated rings. The first-order valence-electron chi connectivity index (χ1n) is 7.70. The fraction of sp³-hybridized carbons (Fsp3) is 0.0526. The van der Waals surface area contributed by atoms with Crippen LogP contribution in [0.15, 0.2) is 64.4 Å². The van der Waals surface area contributed by atoms with E-state index in [1.165, 1.54) is 13.2 Å². The summed E-state index contributed by atoms with van der Waals surface area (Å²) < 4.78 is 42.0. The normalized spacial score (nSPS) is 11.4. The molecule has 0 unspecified atom stereocenters. The van der Waals surface area contributed by atoms with Crippen molar-refractivity contribution in [3.63, 3.8) is 0 Å². The smallest absolute Gasteiger partial charge is 0.240 e. The van der Waals surface area contributed by atoms with Crippen LogP contribution in [0.4, 0.5) is 4.39 Å². The summed E-state index contributed by atoms with van der Waals surface area (Å²) in [5.41, 5.74) is 2.90. The fourth-order valence-electron chi connectivity index (χ4n) is 2.69.